The van der Waals surface area contributed by atoms with E-state index >= 15 is 0 Å². The third kappa shape index (κ3) is 4.49. The van der Waals surface area contributed by atoms with Gasteiger partial charge in [-0.25, -0.2) is 0 Å². The van der Waals surface area contributed by atoms with Crippen LogP contribution < -0.4 is 9.80 Å². The van der Waals surface area contributed by atoms with Crippen molar-refractivity contribution >= 4 is 40.4 Å². The number of Topliss-reactive ketones (excluding diaryl/α,β-unsaturated/α-hetero) is 1. The molecule has 4 rings (SSSR count). The number of phenolic OH excluding ortho intramolecular Hbond substituents is 1. The topological polar surface area (TPSA) is 81.1 Å². The van der Waals surface area contributed by atoms with E-state index in [-0.39, 0.29) is 22.8 Å². The molecule has 3 aromatic rings. The number of benzene rings is 3. The number of anilines is 2. The zero-order chi connectivity index (χ0) is 25.3. The first-order valence-corrected chi connectivity index (χ1v) is 11.9. The van der Waals surface area contributed by atoms with Crippen molar-refractivity contribution in [2.24, 2.45) is 0 Å². The largest absolute Gasteiger partial charge is 0.507 e. The summed E-state index contributed by atoms with van der Waals surface area (Å²) in [5, 5.41) is 22.3. The van der Waals surface area contributed by atoms with E-state index in [0.717, 1.165) is 24.3 Å². The van der Waals surface area contributed by atoms with Crippen LogP contribution in [-0.2, 0) is 9.59 Å². The van der Waals surface area contributed by atoms with Crippen LogP contribution in [0.2, 0.25) is 5.02 Å². The average molecular weight is 491 g/mol. The Morgan fingerprint density at radius 1 is 0.971 bits per heavy atom. The van der Waals surface area contributed by atoms with E-state index in [1.54, 1.807) is 36.4 Å². The second kappa shape index (κ2) is 9.84. The van der Waals surface area contributed by atoms with E-state index in [4.69, 9.17) is 11.6 Å². The Hall–Kier alpha value is -3.77. The van der Waals surface area contributed by atoms with Crippen molar-refractivity contribution in [3.63, 3.8) is 0 Å². The molecular formula is C28H27ClN2O4. The Labute approximate surface area is 209 Å². The van der Waals surface area contributed by atoms with Crippen LogP contribution in [-0.4, -0.2) is 35.0 Å². The van der Waals surface area contributed by atoms with Gasteiger partial charge < -0.3 is 15.1 Å². The molecule has 2 N–H and O–H groups in total. The number of amides is 1. The fourth-order valence-electron chi connectivity index (χ4n) is 4.44. The smallest absolute Gasteiger partial charge is 0.300 e. The molecule has 1 unspecified atom stereocenters. The molecule has 0 spiro atoms. The van der Waals surface area contributed by atoms with Crippen LogP contribution in [0, 0.1) is 6.92 Å². The SMILES string of the molecule is CCN(CC)c1ccc(C2/C(=C(\O)c3ccc(Cl)cc3)C(=O)C(=O)N2c2cc(C)ccc2O)cc1. The fraction of sp³-hybridized carbons (Fsp3) is 0.214. The molecule has 1 fully saturated rings. The van der Waals surface area contributed by atoms with Gasteiger partial charge in [-0.15, -0.1) is 0 Å². The first-order chi connectivity index (χ1) is 16.8. The highest BCUT2D eigenvalue weighted by Crippen LogP contribution is 2.45. The van der Waals surface area contributed by atoms with Gasteiger partial charge >= 0.3 is 0 Å². The third-order valence-corrected chi connectivity index (χ3v) is 6.54. The second-order valence-corrected chi connectivity index (χ2v) is 8.87. The predicted molar refractivity (Wildman–Crippen MR) is 139 cm³/mol. The van der Waals surface area contributed by atoms with E-state index < -0.39 is 17.7 Å². The molecule has 1 atom stereocenters. The molecule has 1 aliphatic rings. The summed E-state index contributed by atoms with van der Waals surface area (Å²) in [5.74, 6) is -2.07. The van der Waals surface area contributed by atoms with Crippen LogP contribution in [0.3, 0.4) is 0 Å². The van der Waals surface area contributed by atoms with Gasteiger partial charge in [-0.05, 0) is 80.4 Å². The van der Waals surface area contributed by atoms with Crippen LogP contribution in [0.25, 0.3) is 5.76 Å². The lowest BCUT2D eigenvalue weighted by Crippen LogP contribution is -2.29. The van der Waals surface area contributed by atoms with Crippen molar-refractivity contribution in [2.75, 3.05) is 22.9 Å². The highest BCUT2D eigenvalue weighted by Gasteiger charge is 2.47. The molecular weight excluding hydrogens is 464 g/mol. The lowest BCUT2D eigenvalue weighted by molar-refractivity contribution is -0.132. The summed E-state index contributed by atoms with van der Waals surface area (Å²) in [6.07, 6.45) is 0. The van der Waals surface area contributed by atoms with Gasteiger partial charge in [-0.3, -0.25) is 14.5 Å². The molecule has 180 valence electrons. The van der Waals surface area contributed by atoms with Gasteiger partial charge in [0.1, 0.15) is 11.5 Å². The standard InChI is InChI=1S/C28H27ClN2O4/c1-4-30(5-2)21-13-9-18(10-14-21)25-24(26(33)19-7-11-20(29)12-8-19)27(34)28(35)31(25)22-16-17(3)6-15-23(22)32/h6-16,25,32-33H,4-5H2,1-3H3/b26-24+. The number of aromatic hydroxyl groups is 1. The van der Waals surface area contributed by atoms with Crippen LogP contribution in [0.4, 0.5) is 11.4 Å². The normalized spacial score (nSPS) is 17.1. The van der Waals surface area contributed by atoms with Crippen molar-refractivity contribution in [1.82, 2.24) is 0 Å². The minimum absolute atomic E-state index is 0.0474. The van der Waals surface area contributed by atoms with E-state index in [1.807, 2.05) is 31.2 Å². The van der Waals surface area contributed by atoms with Gasteiger partial charge in [0, 0.05) is 29.4 Å². The van der Waals surface area contributed by atoms with E-state index in [2.05, 4.69) is 18.7 Å². The van der Waals surface area contributed by atoms with E-state index in [0.29, 0.717) is 16.1 Å². The van der Waals surface area contributed by atoms with Crippen molar-refractivity contribution in [3.05, 3.63) is 94.0 Å². The van der Waals surface area contributed by atoms with Crippen LogP contribution in [0.1, 0.15) is 36.6 Å². The summed E-state index contributed by atoms with van der Waals surface area (Å²) in [7, 11) is 0. The van der Waals surface area contributed by atoms with E-state index in [9.17, 15) is 19.8 Å². The number of carbonyl (C=O) groups is 2. The summed E-state index contributed by atoms with van der Waals surface area (Å²) < 4.78 is 0. The molecule has 0 aliphatic carbocycles. The average Bonchev–Trinajstić information content (AvgIpc) is 3.12. The molecule has 1 heterocycles. The minimum atomic E-state index is -0.927. The Bertz CT molecular complexity index is 1300. The van der Waals surface area contributed by atoms with E-state index in [1.165, 1.54) is 11.0 Å². The third-order valence-electron chi connectivity index (χ3n) is 6.29. The zero-order valence-corrected chi connectivity index (χ0v) is 20.6. The van der Waals surface area contributed by atoms with Crippen LogP contribution in [0.15, 0.2) is 72.3 Å². The molecule has 0 radical (unpaired) electrons. The molecule has 35 heavy (non-hydrogen) atoms. The molecule has 1 amide bonds. The Morgan fingerprint density at radius 2 is 1.60 bits per heavy atom. The number of carbonyl (C=O) groups excluding carboxylic acids is 2. The predicted octanol–water partition coefficient (Wildman–Crippen LogP) is 5.83. The number of ketones is 1. The highest BCUT2D eigenvalue weighted by molar-refractivity contribution is 6.52. The fourth-order valence-corrected chi connectivity index (χ4v) is 4.57. The number of hydrogen-bond acceptors (Lipinski definition) is 5. The first kappa shape index (κ1) is 24.4. The van der Waals surface area contributed by atoms with Gasteiger partial charge in [-0.2, -0.15) is 0 Å². The van der Waals surface area contributed by atoms with Gasteiger partial charge in [-0.1, -0.05) is 29.8 Å². The second-order valence-electron chi connectivity index (χ2n) is 8.43. The zero-order valence-electron chi connectivity index (χ0n) is 19.8. The van der Waals surface area contributed by atoms with Gasteiger partial charge in [0.2, 0.25) is 0 Å². The molecule has 3 aromatic carbocycles. The lowest BCUT2D eigenvalue weighted by atomic mass is 9.94. The first-order valence-electron chi connectivity index (χ1n) is 11.5. The maximum atomic E-state index is 13.3. The van der Waals surface area contributed by atoms with Crippen molar-refractivity contribution in [2.45, 2.75) is 26.8 Å². The number of aliphatic hydroxyl groups excluding tert-OH is 1. The highest BCUT2D eigenvalue weighted by atomic mass is 35.5. The van der Waals surface area contributed by atoms with Crippen LogP contribution in [0.5, 0.6) is 5.75 Å². The molecule has 1 saturated heterocycles. The maximum Gasteiger partial charge on any atom is 0.300 e. The number of aryl methyl sites for hydroxylation is 1. The summed E-state index contributed by atoms with van der Waals surface area (Å²) in [6.45, 7) is 7.64. The van der Waals surface area contributed by atoms with Gasteiger partial charge in [0.15, 0.2) is 0 Å². The Balaban J connectivity index is 1.93. The number of hydrogen-bond donors (Lipinski definition) is 2. The Morgan fingerprint density at radius 3 is 2.20 bits per heavy atom. The molecule has 0 saturated carbocycles. The number of aliphatic hydroxyl groups is 1. The lowest BCUT2D eigenvalue weighted by Gasteiger charge is -2.27. The Kier molecular flexibility index (Phi) is 6.85. The van der Waals surface area contributed by atoms with Crippen molar-refractivity contribution < 1.29 is 19.8 Å². The van der Waals surface area contributed by atoms with Crippen molar-refractivity contribution in [3.8, 4) is 5.75 Å². The molecule has 7 heteroatoms. The summed E-state index contributed by atoms with van der Waals surface area (Å²) >= 11 is 5.99. The monoisotopic (exact) mass is 490 g/mol. The number of rotatable bonds is 6. The molecule has 0 aromatic heterocycles. The number of nitrogens with zero attached hydrogens (tertiary/aromatic N) is 2. The maximum absolute atomic E-state index is 13.3. The molecule has 6 nitrogen and oxygen atoms in total. The summed E-state index contributed by atoms with van der Waals surface area (Å²) in [5.41, 5.74) is 2.98. The molecule has 1 aliphatic heterocycles. The van der Waals surface area contributed by atoms with Gasteiger partial charge in [0.05, 0.1) is 17.3 Å². The van der Waals surface area contributed by atoms with Crippen molar-refractivity contribution in [1.29, 1.82) is 0 Å². The summed E-state index contributed by atoms with van der Waals surface area (Å²) in [4.78, 5) is 30.0. The summed E-state index contributed by atoms with van der Waals surface area (Å²) in [6, 6.07) is 17.9. The quantitative estimate of drug-likeness (QED) is 0.258. The number of halogens is 1. The number of phenols is 1. The van der Waals surface area contributed by atoms with Crippen LogP contribution >= 0.6 is 11.6 Å². The minimum Gasteiger partial charge on any atom is -0.507 e. The van der Waals surface area contributed by atoms with Gasteiger partial charge in [0.25, 0.3) is 11.7 Å². The molecule has 0 bridgehead atoms.